The molecule has 0 fully saturated rings. The zero-order chi connectivity index (χ0) is 14.0. The van der Waals surface area contributed by atoms with E-state index < -0.39 is 11.8 Å². The highest BCUT2D eigenvalue weighted by Gasteiger charge is 2.26. The lowest BCUT2D eigenvalue weighted by molar-refractivity contribution is -0.113. The third-order valence-corrected chi connectivity index (χ3v) is 2.81. The molecule has 1 heterocycles. The van der Waals surface area contributed by atoms with Crippen LogP contribution in [0.4, 0.5) is 4.79 Å². The molecule has 2 amide bonds. The molecule has 0 N–H and O–H groups in total. The lowest BCUT2D eigenvalue weighted by Gasteiger charge is -2.22. The van der Waals surface area contributed by atoms with Crippen molar-refractivity contribution in [3.05, 3.63) is 47.1 Å². The Morgan fingerprint density at radius 3 is 2.53 bits per heavy atom. The normalized spacial score (nSPS) is 14.7. The second-order valence-electron chi connectivity index (χ2n) is 3.88. The largest absolute Gasteiger partial charge is 0.348 e. The standard InChI is InChI=1S/C13H9ClN2O3/c1-8(16-7-11(17)6-15-13(16)19)12(18)9-2-4-10(14)5-3-9/h2-6H,1,7H2. The predicted octanol–water partition coefficient (Wildman–Crippen LogP) is 2.11. The van der Waals surface area contributed by atoms with Gasteiger partial charge in [0.2, 0.25) is 5.78 Å². The van der Waals surface area contributed by atoms with E-state index in [-0.39, 0.29) is 18.0 Å². The van der Waals surface area contributed by atoms with Crippen molar-refractivity contribution < 1.29 is 14.4 Å². The summed E-state index contributed by atoms with van der Waals surface area (Å²) < 4.78 is 0. The molecular formula is C13H9ClN2O3. The van der Waals surface area contributed by atoms with Gasteiger partial charge >= 0.3 is 6.03 Å². The second-order valence-corrected chi connectivity index (χ2v) is 4.31. The molecule has 19 heavy (non-hydrogen) atoms. The molecule has 0 atom stereocenters. The summed E-state index contributed by atoms with van der Waals surface area (Å²) in [7, 11) is 0. The molecule has 0 unspecified atom stereocenters. The number of halogens is 1. The summed E-state index contributed by atoms with van der Waals surface area (Å²) in [6.45, 7) is 3.34. The van der Waals surface area contributed by atoms with Crippen LogP contribution < -0.4 is 0 Å². The highest BCUT2D eigenvalue weighted by atomic mass is 35.5. The van der Waals surface area contributed by atoms with Gasteiger partial charge in [-0.15, -0.1) is 0 Å². The van der Waals surface area contributed by atoms with Crippen molar-refractivity contribution in [2.75, 3.05) is 6.54 Å². The SMILES string of the molecule is C=C(C(=O)c1ccc(Cl)cc1)N1CC(=O)C=NC1=O. The van der Waals surface area contributed by atoms with E-state index >= 15 is 0 Å². The number of rotatable bonds is 3. The van der Waals surface area contributed by atoms with Crippen molar-refractivity contribution in [1.82, 2.24) is 4.90 Å². The highest BCUT2D eigenvalue weighted by Crippen LogP contribution is 2.16. The number of aliphatic imine (C=N–C) groups is 1. The van der Waals surface area contributed by atoms with Crippen LogP contribution in [0.2, 0.25) is 5.02 Å². The van der Waals surface area contributed by atoms with Crippen LogP contribution in [-0.2, 0) is 4.79 Å². The van der Waals surface area contributed by atoms with E-state index in [1.54, 1.807) is 12.1 Å². The molecule has 1 aliphatic heterocycles. The van der Waals surface area contributed by atoms with Crippen LogP contribution in [0.1, 0.15) is 10.4 Å². The molecule has 1 aliphatic rings. The molecule has 1 aromatic carbocycles. The summed E-state index contributed by atoms with van der Waals surface area (Å²) >= 11 is 5.72. The Labute approximate surface area is 114 Å². The van der Waals surface area contributed by atoms with Crippen molar-refractivity contribution in [2.24, 2.45) is 4.99 Å². The van der Waals surface area contributed by atoms with Crippen LogP contribution in [0.25, 0.3) is 0 Å². The molecule has 1 aromatic rings. The number of hydrogen-bond acceptors (Lipinski definition) is 3. The van der Waals surface area contributed by atoms with Crippen LogP contribution in [0.5, 0.6) is 0 Å². The molecule has 0 saturated carbocycles. The van der Waals surface area contributed by atoms with Gasteiger partial charge in [-0.1, -0.05) is 18.2 Å². The molecule has 0 radical (unpaired) electrons. The van der Waals surface area contributed by atoms with Gasteiger partial charge in [-0.2, -0.15) is 4.99 Å². The number of carbonyl (C=O) groups is 3. The first-order chi connectivity index (χ1) is 8.99. The molecule has 0 aliphatic carbocycles. The minimum atomic E-state index is -0.674. The number of allylic oxidation sites excluding steroid dienone is 1. The van der Waals surface area contributed by atoms with Gasteiger partial charge in [0, 0.05) is 10.6 Å². The number of urea groups is 1. The quantitative estimate of drug-likeness (QED) is 0.627. The maximum atomic E-state index is 12.1. The summed E-state index contributed by atoms with van der Waals surface area (Å²) in [6.07, 6.45) is 0.943. The number of nitrogens with zero attached hydrogens (tertiary/aromatic N) is 2. The van der Waals surface area contributed by atoms with Crippen molar-refractivity contribution in [1.29, 1.82) is 0 Å². The minimum absolute atomic E-state index is 0.0856. The topological polar surface area (TPSA) is 66.8 Å². The van der Waals surface area contributed by atoms with Gasteiger partial charge < -0.3 is 0 Å². The zero-order valence-electron chi connectivity index (χ0n) is 9.80. The molecule has 0 spiro atoms. The van der Waals surface area contributed by atoms with Crippen molar-refractivity contribution >= 4 is 35.4 Å². The number of amides is 2. The Kier molecular flexibility index (Phi) is 3.57. The summed E-state index contributed by atoms with van der Waals surface area (Å²) in [6, 6.07) is 5.49. The fourth-order valence-corrected chi connectivity index (χ4v) is 1.69. The van der Waals surface area contributed by atoms with Crippen LogP contribution in [0.3, 0.4) is 0 Å². The first-order valence-corrected chi connectivity index (χ1v) is 5.74. The molecule has 5 nitrogen and oxygen atoms in total. The molecule has 96 valence electrons. The third-order valence-electron chi connectivity index (χ3n) is 2.56. The maximum Gasteiger partial charge on any atom is 0.348 e. The second kappa shape index (κ2) is 5.16. The number of hydrogen-bond donors (Lipinski definition) is 0. The molecule has 0 saturated heterocycles. The van der Waals surface area contributed by atoms with Crippen LogP contribution in [0.15, 0.2) is 41.5 Å². The fourth-order valence-electron chi connectivity index (χ4n) is 1.56. The Morgan fingerprint density at radius 1 is 1.26 bits per heavy atom. The van der Waals surface area contributed by atoms with Crippen molar-refractivity contribution in [3.63, 3.8) is 0 Å². The van der Waals surface area contributed by atoms with E-state index in [0.717, 1.165) is 11.1 Å². The van der Waals surface area contributed by atoms with E-state index in [4.69, 9.17) is 11.6 Å². The number of benzene rings is 1. The molecule has 6 heteroatoms. The molecule has 2 rings (SSSR count). The smallest absolute Gasteiger partial charge is 0.291 e. The van der Waals surface area contributed by atoms with Gasteiger partial charge in [0.1, 0.15) is 0 Å². The fraction of sp³-hybridized carbons (Fsp3) is 0.0769. The van der Waals surface area contributed by atoms with Gasteiger partial charge in [-0.25, -0.2) is 4.79 Å². The van der Waals surface area contributed by atoms with Crippen LogP contribution in [-0.4, -0.2) is 35.3 Å². The van der Waals surface area contributed by atoms with E-state index in [2.05, 4.69) is 11.6 Å². The Morgan fingerprint density at radius 2 is 1.89 bits per heavy atom. The lowest BCUT2D eigenvalue weighted by Crippen LogP contribution is -2.39. The summed E-state index contributed by atoms with van der Waals surface area (Å²) in [5.41, 5.74) is 0.252. The maximum absolute atomic E-state index is 12.1. The van der Waals surface area contributed by atoms with Gasteiger partial charge in [0.15, 0.2) is 5.78 Å². The molecule has 0 bridgehead atoms. The van der Waals surface area contributed by atoms with Crippen LogP contribution in [0, 0.1) is 0 Å². The van der Waals surface area contributed by atoms with Gasteiger partial charge in [-0.3, -0.25) is 14.5 Å². The number of Topliss-reactive ketones (excluding diaryl/α,β-unsaturated/α-hetero) is 2. The Balaban J connectivity index is 2.22. The van der Waals surface area contributed by atoms with E-state index in [0.29, 0.717) is 10.6 Å². The summed E-state index contributed by atoms with van der Waals surface area (Å²) in [4.78, 5) is 39.2. The average molecular weight is 277 g/mol. The molecular weight excluding hydrogens is 268 g/mol. The first-order valence-electron chi connectivity index (χ1n) is 5.36. The summed E-state index contributed by atoms with van der Waals surface area (Å²) in [5, 5.41) is 0.496. The van der Waals surface area contributed by atoms with E-state index in [1.807, 2.05) is 0 Å². The number of ketones is 2. The average Bonchev–Trinajstić information content (AvgIpc) is 2.41. The zero-order valence-corrected chi connectivity index (χ0v) is 10.6. The number of carbonyl (C=O) groups excluding carboxylic acids is 3. The monoisotopic (exact) mass is 276 g/mol. The minimum Gasteiger partial charge on any atom is -0.291 e. The van der Waals surface area contributed by atoms with Crippen LogP contribution >= 0.6 is 11.6 Å². The highest BCUT2D eigenvalue weighted by molar-refractivity contribution is 6.32. The van der Waals surface area contributed by atoms with Gasteiger partial charge in [0.25, 0.3) is 0 Å². The Bertz CT molecular complexity index is 605. The van der Waals surface area contributed by atoms with Crippen molar-refractivity contribution in [3.8, 4) is 0 Å². The van der Waals surface area contributed by atoms with E-state index in [1.165, 1.54) is 12.1 Å². The lowest BCUT2D eigenvalue weighted by atomic mass is 10.1. The predicted molar refractivity (Wildman–Crippen MR) is 70.5 cm³/mol. The van der Waals surface area contributed by atoms with E-state index in [9.17, 15) is 14.4 Å². The summed E-state index contributed by atoms with van der Waals surface area (Å²) in [5.74, 6) is -0.806. The van der Waals surface area contributed by atoms with Gasteiger partial charge in [0.05, 0.1) is 18.5 Å². The third kappa shape index (κ3) is 2.77. The van der Waals surface area contributed by atoms with Gasteiger partial charge in [-0.05, 0) is 24.3 Å². The van der Waals surface area contributed by atoms with Crippen molar-refractivity contribution in [2.45, 2.75) is 0 Å². The first kappa shape index (κ1) is 13.2. The Hall–Kier alpha value is -2.27. The molecule has 0 aromatic heterocycles.